The van der Waals surface area contributed by atoms with Gasteiger partial charge in [-0.2, -0.15) is 0 Å². The maximum absolute atomic E-state index is 13.9. The van der Waals surface area contributed by atoms with Gasteiger partial charge in [0.1, 0.15) is 5.82 Å². The average molecular weight is 423 g/mol. The van der Waals surface area contributed by atoms with Gasteiger partial charge in [-0.25, -0.2) is 9.18 Å². The van der Waals surface area contributed by atoms with Crippen molar-refractivity contribution in [1.29, 1.82) is 0 Å². The third-order valence-corrected chi connectivity index (χ3v) is 5.48. The standard InChI is InChI=1S/C23H18FNO4S/c1-30-18-5-2-14(3-6-18)10-15-11-16(20-13-17(24)4-7-19(15)20)12-23(28)29-25-21(26)8-9-22(25)27/h2-11,13,26-27H,12H2,1H3. The number of aromatic hydroxyl groups is 2. The Morgan fingerprint density at radius 1 is 1.07 bits per heavy atom. The molecule has 30 heavy (non-hydrogen) atoms. The van der Waals surface area contributed by atoms with E-state index in [0.29, 0.717) is 15.9 Å². The van der Waals surface area contributed by atoms with Gasteiger partial charge in [0.25, 0.3) is 0 Å². The maximum atomic E-state index is 13.9. The number of aromatic nitrogens is 1. The van der Waals surface area contributed by atoms with Crippen LogP contribution in [-0.2, 0) is 4.79 Å². The Bertz CT molecular complexity index is 1160. The van der Waals surface area contributed by atoms with Crippen LogP contribution in [0.1, 0.15) is 23.1 Å². The molecule has 0 radical (unpaired) electrons. The van der Waals surface area contributed by atoms with Crippen LogP contribution >= 0.6 is 11.8 Å². The van der Waals surface area contributed by atoms with Gasteiger partial charge in [-0.3, -0.25) is 0 Å². The Morgan fingerprint density at radius 3 is 2.43 bits per heavy atom. The number of hydrogen-bond acceptors (Lipinski definition) is 5. The molecule has 1 aliphatic rings. The van der Waals surface area contributed by atoms with Crippen LogP contribution in [0.3, 0.4) is 0 Å². The van der Waals surface area contributed by atoms with Crippen molar-refractivity contribution in [3.63, 3.8) is 0 Å². The lowest BCUT2D eigenvalue weighted by Gasteiger charge is -2.08. The molecule has 5 nitrogen and oxygen atoms in total. The first-order valence-electron chi connectivity index (χ1n) is 9.12. The number of carbonyl (C=O) groups is 1. The molecule has 0 amide bonds. The van der Waals surface area contributed by atoms with Crippen molar-refractivity contribution in [3.8, 4) is 11.8 Å². The molecule has 0 fully saturated rings. The number of fused-ring (bicyclic) bond motifs is 1. The molecule has 0 unspecified atom stereocenters. The fraction of sp³-hybridized carbons (Fsp3) is 0.0870. The van der Waals surface area contributed by atoms with Crippen molar-refractivity contribution in [2.45, 2.75) is 11.3 Å². The molecule has 0 aliphatic heterocycles. The molecule has 1 heterocycles. The normalized spacial score (nSPS) is 13.9. The van der Waals surface area contributed by atoms with E-state index in [1.165, 1.54) is 24.3 Å². The van der Waals surface area contributed by atoms with Crippen LogP contribution < -0.4 is 4.84 Å². The first-order valence-corrected chi connectivity index (χ1v) is 10.3. The average Bonchev–Trinajstić information content (AvgIpc) is 3.22. The smallest absolute Gasteiger partial charge is 0.337 e. The molecule has 4 rings (SSSR count). The highest BCUT2D eigenvalue weighted by Gasteiger charge is 2.23. The molecular weight excluding hydrogens is 405 g/mol. The lowest BCUT2D eigenvalue weighted by Crippen LogP contribution is -2.18. The van der Waals surface area contributed by atoms with Crippen molar-refractivity contribution in [2.24, 2.45) is 0 Å². The van der Waals surface area contributed by atoms with E-state index in [2.05, 4.69) is 0 Å². The SMILES string of the molecule is CSc1ccc(C=C2C=C(CC(=O)On3c(O)ccc3O)c3cc(F)ccc32)cc1. The summed E-state index contributed by atoms with van der Waals surface area (Å²) >= 11 is 1.66. The second-order valence-corrected chi connectivity index (χ2v) is 7.60. The zero-order valence-corrected chi connectivity index (χ0v) is 16.8. The molecule has 3 aromatic rings. The van der Waals surface area contributed by atoms with Crippen LogP contribution in [-0.4, -0.2) is 27.2 Å². The Hall–Kier alpha value is -3.45. The van der Waals surface area contributed by atoms with Crippen molar-refractivity contribution in [2.75, 3.05) is 6.26 Å². The number of nitrogens with zero attached hydrogens (tertiary/aromatic N) is 1. The predicted octanol–water partition coefficient (Wildman–Crippen LogP) is 4.74. The van der Waals surface area contributed by atoms with E-state index in [1.54, 1.807) is 17.8 Å². The first-order chi connectivity index (χ1) is 14.4. The van der Waals surface area contributed by atoms with Crippen molar-refractivity contribution in [1.82, 2.24) is 4.73 Å². The summed E-state index contributed by atoms with van der Waals surface area (Å²) in [5, 5.41) is 19.3. The second-order valence-electron chi connectivity index (χ2n) is 6.72. The highest BCUT2D eigenvalue weighted by molar-refractivity contribution is 7.98. The predicted molar refractivity (Wildman–Crippen MR) is 114 cm³/mol. The van der Waals surface area contributed by atoms with Crippen LogP contribution in [0.5, 0.6) is 11.8 Å². The number of carbonyl (C=O) groups excluding carboxylic acids is 1. The Morgan fingerprint density at radius 2 is 1.77 bits per heavy atom. The number of allylic oxidation sites excluding steroid dienone is 2. The minimum atomic E-state index is -0.705. The zero-order chi connectivity index (χ0) is 21.3. The number of thioether (sulfide) groups is 1. The Balaban J connectivity index is 1.63. The zero-order valence-electron chi connectivity index (χ0n) is 16.0. The molecule has 0 saturated carbocycles. The van der Waals surface area contributed by atoms with Gasteiger partial charge in [0.15, 0.2) is 0 Å². The molecule has 0 spiro atoms. The summed E-state index contributed by atoms with van der Waals surface area (Å²) in [6.45, 7) is 0. The summed E-state index contributed by atoms with van der Waals surface area (Å²) in [5.74, 6) is -1.91. The van der Waals surface area contributed by atoms with Gasteiger partial charge in [0.05, 0.1) is 6.42 Å². The van der Waals surface area contributed by atoms with E-state index in [0.717, 1.165) is 21.6 Å². The van der Waals surface area contributed by atoms with Crippen molar-refractivity contribution < 1.29 is 24.2 Å². The van der Waals surface area contributed by atoms with E-state index in [-0.39, 0.29) is 6.42 Å². The van der Waals surface area contributed by atoms with Crippen molar-refractivity contribution >= 4 is 35.0 Å². The van der Waals surface area contributed by atoms with Crippen LogP contribution in [0.2, 0.25) is 0 Å². The monoisotopic (exact) mass is 423 g/mol. The fourth-order valence-electron chi connectivity index (χ4n) is 3.31. The van der Waals surface area contributed by atoms with E-state index in [1.807, 2.05) is 42.7 Å². The Labute approximate surface area is 176 Å². The minimum absolute atomic E-state index is 0.156. The summed E-state index contributed by atoms with van der Waals surface area (Å²) < 4.78 is 14.5. The molecule has 0 saturated heterocycles. The van der Waals surface area contributed by atoms with Gasteiger partial charge >= 0.3 is 5.97 Å². The van der Waals surface area contributed by atoms with Gasteiger partial charge < -0.3 is 15.1 Å². The lowest BCUT2D eigenvalue weighted by atomic mass is 10.0. The highest BCUT2D eigenvalue weighted by atomic mass is 32.2. The molecular formula is C23H18FNO4S. The van der Waals surface area contributed by atoms with E-state index < -0.39 is 23.5 Å². The Kier molecular flexibility index (Phi) is 5.37. The topological polar surface area (TPSA) is 71.7 Å². The fourth-order valence-corrected chi connectivity index (χ4v) is 3.72. The molecule has 2 N–H and O–H groups in total. The lowest BCUT2D eigenvalue weighted by molar-refractivity contribution is -0.144. The third kappa shape index (κ3) is 3.97. The van der Waals surface area contributed by atoms with Crippen LogP contribution in [0, 0.1) is 5.82 Å². The molecule has 1 aromatic heterocycles. The number of rotatable bonds is 5. The van der Waals surface area contributed by atoms with E-state index in [4.69, 9.17) is 4.84 Å². The molecule has 1 aliphatic carbocycles. The van der Waals surface area contributed by atoms with Gasteiger partial charge in [-0.15, -0.1) is 16.5 Å². The molecule has 7 heteroatoms. The van der Waals surface area contributed by atoms with E-state index in [9.17, 15) is 19.4 Å². The molecule has 0 bridgehead atoms. The van der Waals surface area contributed by atoms with Gasteiger partial charge in [-0.05, 0) is 70.5 Å². The molecule has 2 aromatic carbocycles. The van der Waals surface area contributed by atoms with Crippen LogP contribution in [0.4, 0.5) is 4.39 Å². The van der Waals surface area contributed by atoms with Gasteiger partial charge in [0, 0.05) is 17.0 Å². The summed E-state index contributed by atoms with van der Waals surface area (Å²) in [7, 11) is 0. The van der Waals surface area contributed by atoms with Gasteiger partial charge in [0.2, 0.25) is 11.8 Å². The summed E-state index contributed by atoms with van der Waals surface area (Å²) in [6, 6.07) is 14.9. The number of hydrogen-bond donors (Lipinski definition) is 2. The first kappa shape index (κ1) is 19.8. The van der Waals surface area contributed by atoms with E-state index >= 15 is 0 Å². The minimum Gasteiger partial charge on any atom is -0.492 e. The summed E-state index contributed by atoms with van der Waals surface area (Å²) in [5.41, 5.74) is 3.86. The van der Waals surface area contributed by atoms with Gasteiger partial charge in [-0.1, -0.05) is 18.2 Å². The quantitative estimate of drug-likeness (QED) is 0.580. The maximum Gasteiger partial charge on any atom is 0.337 e. The number of benzene rings is 2. The largest absolute Gasteiger partial charge is 0.492 e. The molecule has 152 valence electrons. The number of halogens is 1. The molecule has 0 atom stereocenters. The van der Waals surface area contributed by atoms with Crippen molar-refractivity contribution in [3.05, 3.63) is 83.2 Å². The summed E-state index contributed by atoms with van der Waals surface area (Å²) in [6.07, 6.45) is 5.65. The summed E-state index contributed by atoms with van der Waals surface area (Å²) in [4.78, 5) is 18.6. The van der Waals surface area contributed by atoms with Crippen LogP contribution in [0.15, 0.2) is 65.6 Å². The highest BCUT2D eigenvalue weighted by Crippen LogP contribution is 2.38. The van der Waals surface area contributed by atoms with Crippen LogP contribution in [0.25, 0.3) is 17.2 Å². The second kappa shape index (κ2) is 8.12. The third-order valence-electron chi connectivity index (χ3n) is 4.73.